The summed E-state index contributed by atoms with van der Waals surface area (Å²) in [5, 5.41) is 2.69. The van der Waals surface area contributed by atoms with E-state index < -0.39 is 17.0 Å². The van der Waals surface area contributed by atoms with E-state index in [4.69, 9.17) is 4.74 Å². The minimum absolute atomic E-state index is 0.245. The third-order valence-corrected chi connectivity index (χ3v) is 4.29. The van der Waals surface area contributed by atoms with Crippen LogP contribution in [0.4, 0.5) is 5.69 Å². The Kier molecular flexibility index (Phi) is 5.74. The third-order valence-electron chi connectivity index (χ3n) is 4.29. The van der Waals surface area contributed by atoms with Gasteiger partial charge in [-0.25, -0.2) is 0 Å². The van der Waals surface area contributed by atoms with Gasteiger partial charge in [-0.05, 0) is 36.8 Å². The maximum Gasteiger partial charge on any atom is 0.316 e. The second kappa shape index (κ2) is 8.39. The number of ether oxygens (including phenoxy) is 1. The Balaban J connectivity index is 1.71. The van der Waals surface area contributed by atoms with Gasteiger partial charge in [-0.15, -0.1) is 0 Å². The number of hydrogen-bond acceptors (Lipinski definition) is 4. The SMILES string of the molecule is COc1ccc(NC(=O)Cn2ccn(Cc3ccc(C)cc3)c(=O)c2=O)cc1. The number of anilines is 1. The molecular formula is C21H21N3O4. The summed E-state index contributed by atoms with van der Waals surface area (Å²) in [6, 6.07) is 14.5. The highest BCUT2D eigenvalue weighted by atomic mass is 16.5. The first kappa shape index (κ1) is 19.2. The van der Waals surface area contributed by atoms with E-state index in [0.717, 1.165) is 15.7 Å². The van der Waals surface area contributed by atoms with Crippen LogP contribution in [-0.4, -0.2) is 22.2 Å². The van der Waals surface area contributed by atoms with Crippen LogP contribution >= 0.6 is 0 Å². The smallest absolute Gasteiger partial charge is 0.316 e. The quantitative estimate of drug-likeness (QED) is 0.664. The van der Waals surface area contributed by atoms with Gasteiger partial charge in [0.05, 0.1) is 13.7 Å². The number of aromatic nitrogens is 2. The number of hydrogen-bond donors (Lipinski definition) is 1. The number of nitrogens with one attached hydrogen (secondary N) is 1. The van der Waals surface area contributed by atoms with E-state index in [0.29, 0.717) is 18.0 Å². The van der Waals surface area contributed by atoms with Crippen LogP contribution in [0.3, 0.4) is 0 Å². The van der Waals surface area contributed by atoms with Gasteiger partial charge in [0.1, 0.15) is 12.3 Å². The highest BCUT2D eigenvalue weighted by Crippen LogP contribution is 2.14. The number of benzene rings is 2. The van der Waals surface area contributed by atoms with Crippen LogP contribution in [-0.2, 0) is 17.9 Å². The molecule has 0 aliphatic carbocycles. The van der Waals surface area contributed by atoms with Gasteiger partial charge in [-0.1, -0.05) is 29.8 Å². The van der Waals surface area contributed by atoms with Crippen molar-refractivity contribution in [1.29, 1.82) is 0 Å². The molecule has 0 saturated carbocycles. The Morgan fingerprint density at radius 3 is 2.18 bits per heavy atom. The van der Waals surface area contributed by atoms with E-state index in [9.17, 15) is 14.4 Å². The van der Waals surface area contributed by atoms with Gasteiger partial charge in [0.25, 0.3) is 0 Å². The Morgan fingerprint density at radius 2 is 1.54 bits per heavy atom. The third kappa shape index (κ3) is 4.56. The number of rotatable bonds is 6. The van der Waals surface area contributed by atoms with Crippen LogP contribution in [0.15, 0.2) is 70.5 Å². The summed E-state index contributed by atoms with van der Waals surface area (Å²) >= 11 is 0. The summed E-state index contributed by atoms with van der Waals surface area (Å²) in [6.45, 7) is 2.03. The van der Waals surface area contributed by atoms with E-state index in [1.807, 2.05) is 31.2 Å². The predicted molar refractivity (Wildman–Crippen MR) is 107 cm³/mol. The predicted octanol–water partition coefficient (Wildman–Crippen LogP) is 2.01. The molecule has 3 rings (SSSR count). The van der Waals surface area contributed by atoms with E-state index in [-0.39, 0.29) is 6.54 Å². The van der Waals surface area contributed by atoms with E-state index >= 15 is 0 Å². The van der Waals surface area contributed by atoms with Crippen LogP contribution in [0.2, 0.25) is 0 Å². The molecule has 7 nitrogen and oxygen atoms in total. The molecule has 0 aliphatic heterocycles. The van der Waals surface area contributed by atoms with E-state index in [1.165, 1.54) is 17.0 Å². The molecule has 7 heteroatoms. The fraction of sp³-hybridized carbons (Fsp3) is 0.190. The van der Waals surface area contributed by atoms with Crippen molar-refractivity contribution in [2.45, 2.75) is 20.0 Å². The van der Waals surface area contributed by atoms with Crippen molar-refractivity contribution in [3.05, 3.63) is 92.8 Å². The number of aryl methyl sites for hydroxylation is 1. The Labute approximate surface area is 161 Å². The topological polar surface area (TPSA) is 82.3 Å². The fourth-order valence-corrected chi connectivity index (χ4v) is 2.71. The van der Waals surface area contributed by atoms with Crippen LogP contribution in [0.5, 0.6) is 5.75 Å². The number of nitrogens with zero attached hydrogens (tertiary/aromatic N) is 2. The molecule has 3 aromatic rings. The van der Waals surface area contributed by atoms with Gasteiger partial charge >= 0.3 is 11.1 Å². The van der Waals surface area contributed by atoms with Gasteiger partial charge < -0.3 is 14.6 Å². The van der Waals surface area contributed by atoms with E-state index in [1.54, 1.807) is 31.4 Å². The van der Waals surface area contributed by atoms with E-state index in [2.05, 4.69) is 5.32 Å². The molecule has 0 bridgehead atoms. The van der Waals surface area contributed by atoms with Gasteiger partial charge in [-0.2, -0.15) is 0 Å². The molecule has 0 radical (unpaired) electrons. The van der Waals surface area contributed by atoms with Crippen molar-refractivity contribution < 1.29 is 9.53 Å². The lowest BCUT2D eigenvalue weighted by Crippen LogP contribution is -2.42. The van der Waals surface area contributed by atoms with Crippen molar-refractivity contribution >= 4 is 11.6 Å². The highest BCUT2D eigenvalue weighted by molar-refractivity contribution is 5.90. The Bertz CT molecular complexity index is 1080. The summed E-state index contributed by atoms with van der Waals surface area (Å²) in [5.41, 5.74) is 1.21. The molecule has 28 heavy (non-hydrogen) atoms. The molecule has 1 aromatic heterocycles. The first-order chi connectivity index (χ1) is 13.5. The Morgan fingerprint density at radius 1 is 0.929 bits per heavy atom. The molecule has 0 atom stereocenters. The molecule has 0 spiro atoms. The van der Waals surface area contributed by atoms with Crippen molar-refractivity contribution in [3.63, 3.8) is 0 Å². The lowest BCUT2D eigenvalue weighted by atomic mass is 10.1. The maximum absolute atomic E-state index is 12.4. The zero-order valence-electron chi connectivity index (χ0n) is 15.7. The van der Waals surface area contributed by atoms with Crippen LogP contribution in [0.1, 0.15) is 11.1 Å². The zero-order valence-corrected chi connectivity index (χ0v) is 15.7. The number of carbonyl (C=O) groups is 1. The van der Waals surface area contributed by atoms with Crippen LogP contribution < -0.4 is 21.2 Å². The molecule has 0 fully saturated rings. The first-order valence-corrected chi connectivity index (χ1v) is 8.75. The van der Waals surface area contributed by atoms with Crippen molar-refractivity contribution in [2.24, 2.45) is 0 Å². The molecule has 0 aliphatic rings. The Hall–Kier alpha value is -3.61. The lowest BCUT2D eigenvalue weighted by molar-refractivity contribution is -0.116. The second-order valence-corrected chi connectivity index (χ2v) is 6.43. The molecule has 144 valence electrons. The second-order valence-electron chi connectivity index (χ2n) is 6.43. The fourth-order valence-electron chi connectivity index (χ4n) is 2.71. The largest absolute Gasteiger partial charge is 0.497 e. The maximum atomic E-state index is 12.4. The lowest BCUT2D eigenvalue weighted by Gasteiger charge is -2.10. The molecule has 1 amide bonds. The summed E-state index contributed by atoms with van der Waals surface area (Å²) in [4.78, 5) is 36.9. The van der Waals surface area contributed by atoms with Gasteiger partial charge in [0, 0.05) is 18.1 Å². The molecule has 1 heterocycles. The van der Waals surface area contributed by atoms with Crippen LogP contribution in [0, 0.1) is 6.92 Å². The summed E-state index contributed by atoms with van der Waals surface area (Å²) in [6.07, 6.45) is 2.97. The zero-order chi connectivity index (χ0) is 20.1. The molecule has 0 unspecified atom stereocenters. The van der Waals surface area contributed by atoms with Crippen molar-refractivity contribution in [1.82, 2.24) is 9.13 Å². The van der Waals surface area contributed by atoms with Gasteiger partial charge in [0.15, 0.2) is 0 Å². The van der Waals surface area contributed by atoms with Gasteiger partial charge in [0.2, 0.25) is 5.91 Å². The average Bonchev–Trinajstić information content (AvgIpc) is 2.70. The van der Waals surface area contributed by atoms with Crippen LogP contribution in [0.25, 0.3) is 0 Å². The standard InChI is InChI=1S/C21H21N3O4/c1-15-3-5-16(6-4-15)13-23-11-12-24(21(27)20(23)26)14-19(25)22-17-7-9-18(28-2)10-8-17/h3-12H,13-14H2,1-2H3,(H,22,25). The average molecular weight is 379 g/mol. The highest BCUT2D eigenvalue weighted by Gasteiger charge is 2.10. The molecule has 2 aromatic carbocycles. The molecule has 0 saturated heterocycles. The molecule has 1 N–H and O–H groups in total. The van der Waals surface area contributed by atoms with Gasteiger partial charge in [-0.3, -0.25) is 19.0 Å². The monoisotopic (exact) mass is 379 g/mol. The summed E-state index contributed by atoms with van der Waals surface area (Å²) in [7, 11) is 1.56. The molecular weight excluding hydrogens is 358 g/mol. The minimum atomic E-state index is -0.737. The minimum Gasteiger partial charge on any atom is -0.497 e. The normalized spacial score (nSPS) is 10.5. The number of amides is 1. The number of methoxy groups -OCH3 is 1. The summed E-state index contributed by atoms with van der Waals surface area (Å²) < 4.78 is 7.51. The van der Waals surface area contributed by atoms with Crippen molar-refractivity contribution in [3.8, 4) is 5.75 Å². The number of carbonyl (C=O) groups excluding carboxylic acids is 1. The first-order valence-electron chi connectivity index (χ1n) is 8.75. The van der Waals surface area contributed by atoms with Crippen molar-refractivity contribution in [2.75, 3.05) is 12.4 Å². The summed E-state index contributed by atoms with van der Waals surface area (Å²) in [5.74, 6) is 0.273.